The summed E-state index contributed by atoms with van der Waals surface area (Å²) in [6.45, 7) is 3.66. The van der Waals surface area contributed by atoms with Crippen molar-refractivity contribution in [2.45, 2.75) is 19.9 Å². The minimum atomic E-state index is -0.0972. The molecule has 0 N–H and O–H groups in total. The summed E-state index contributed by atoms with van der Waals surface area (Å²) in [7, 11) is 0. The molecule has 1 atom stereocenters. The van der Waals surface area contributed by atoms with Gasteiger partial charge in [0.25, 0.3) is 0 Å². The molecule has 0 aromatic heterocycles. The van der Waals surface area contributed by atoms with Crippen LogP contribution in [-0.2, 0) is 4.79 Å². The highest BCUT2D eigenvalue weighted by Gasteiger charge is 2.19. The first-order valence-electron chi connectivity index (χ1n) is 2.46. The number of carbonyl (C=O) groups is 1. The van der Waals surface area contributed by atoms with Crippen molar-refractivity contribution in [1.29, 1.82) is 0 Å². The van der Waals surface area contributed by atoms with Gasteiger partial charge in [-0.15, -0.1) is 0 Å². The van der Waals surface area contributed by atoms with Gasteiger partial charge in [-0.25, -0.2) is 0 Å². The number of hydrogen-bond donors (Lipinski definition) is 0. The maximum absolute atomic E-state index is 10.6. The molecule has 44 valence electrons. The minimum absolute atomic E-state index is 0.0972. The molecule has 0 aliphatic carbocycles. The van der Waals surface area contributed by atoms with E-state index < -0.39 is 0 Å². The Bertz CT molecular complexity index is 153. The van der Waals surface area contributed by atoms with Gasteiger partial charge in [0.05, 0.1) is 5.04 Å². The first kappa shape index (κ1) is 5.82. The predicted molar refractivity (Wildman–Crippen MR) is 35.2 cm³/mol. The summed E-state index contributed by atoms with van der Waals surface area (Å²) in [5, 5.41) is 1.06. The normalized spacial score (nSPS) is 28.5. The molecule has 0 aromatic rings. The van der Waals surface area contributed by atoms with Crippen LogP contribution in [0, 0.1) is 0 Å². The lowest BCUT2D eigenvalue weighted by Gasteiger charge is -1.87. The molecule has 0 spiro atoms. The quantitative estimate of drug-likeness (QED) is 0.489. The molecule has 3 heteroatoms. The third-order valence-corrected chi connectivity index (χ3v) is 1.91. The molecule has 1 heterocycles. The van der Waals surface area contributed by atoms with E-state index in [2.05, 4.69) is 4.99 Å². The standard InChI is InChI=1S/C5H7NOS/c1-3-5(7)8-4(2)6-3/h3H,1-2H3/t3-/m0/s1. The molecule has 1 aliphatic heterocycles. The van der Waals surface area contributed by atoms with Crippen molar-refractivity contribution in [3.63, 3.8) is 0 Å². The Morgan fingerprint density at radius 3 is 2.50 bits per heavy atom. The van der Waals surface area contributed by atoms with E-state index in [0.717, 1.165) is 5.04 Å². The Morgan fingerprint density at radius 1 is 1.75 bits per heavy atom. The van der Waals surface area contributed by atoms with E-state index in [4.69, 9.17) is 0 Å². The lowest BCUT2D eigenvalue weighted by molar-refractivity contribution is -0.111. The van der Waals surface area contributed by atoms with Crippen molar-refractivity contribution in [2.24, 2.45) is 4.99 Å². The van der Waals surface area contributed by atoms with Crippen LogP contribution in [0.1, 0.15) is 13.8 Å². The monoisotopic (exact) mass is 129 g/mol. The fourth-order valence-corrected chi connectivity index (χ4v) is 1.31. The average molecular weight is 129 g/mol. The third-order valence-electron chi connectivity index (χ3n) is 0.965. The highest BCUT2D eigenvalue weighted by Crippen LogP contribution is 2.18. The van der Waals surface area contributed by atoms with E-state index in [1.807, 2.05) is 13.8 Å². The number of nitrogens with zero attached hydrogens (tertiary/aromatic N) is 1. The van der Waals surface area contributed by atoms with Gasteiger partial charge in [-0.3, -0.25) is 9.79 Å². The van der Waals surface area contributed by atoms with E-state index in [9.17, 15) is 4.79 Å². The zero-order valence-electron chi connectivity index (χ0n) is 4.84. The Kier molecular flexibility index (Phi) is 1.38. The molecule has 0 aromatic carbocycles. The van der Waals surface area contributed by atoms with E-state index in [0.29, 0.717) is 0 Å². The van der Waals surface area contributed by atoms with Crippen LogP contribution in [0.25, 0.3) is 0 Å². The third kappa shape index (κ3) is 0.916. The van der Waals surface area contributed by atoms with Crippen LogP contribution in [0.4, 0.5) is 0 Å². The van der Waals surface area contributed by atoms with Crippen molar-refractivity contribution in [1.82, 2.24) is 0 Å². The summed E-state index contributed by atoms with van der Waals surface area (Å²) in [5.74, 6) is 0. The smallest absolute Gasteiger partial charge is 0.219 e. The molecule has 8 heavy (non-hydrogen) atoms. The van der Waals surface area contributed by atoms with E-state index in [1.54, 1.807) is 0 Å². The van der Waals surface area contributed by atoms with Crippen molar-refractivity contribution in [3.05, 3.63) is 0 Å². The molecule has 0 unspecified atom stereocenters. The van der Waals surface area contributed by atoms with Gasteiger partial charge < -0.3 is 0 Å². The molecule has 0 bridgehead atoms. The summed E-state index contributed by atoms with van der Waals surface area (Å²) >= 11 is 1.24. The van der Waals surface area contributed by atoms with Gasteiger partial charge in [0.1, 0.15) is 6.04 Å². The van der Waals surface area contributed by atoms with Gasteiger partial charge in [-0.2, -0.15) is 0 Å². The van der Waals surface area contributed by atoms with Gasteiger partial charge in [-0.1, -0.05) is 0 Å². The second kappa shape index (κ2) is 1.90. The summed E-state index contributed by atoms with van der Waals surface area (Å²) in [5.41, 5.74) is 0. The van der Waals surface area contributed by atoms with Crippen molar-refractivity contribution in [3.8, 4) is 0 Å². The minimum Gasteiger partial charge on any atom is -0.284 e. The Hall–Kier alpha value is -0.310. The number of hydrogen-bond acceptors (Lipinski definition) is 3. The number of thioether (sulfide) groups is 1. The zero-order chi connectivity index (χ0) is 6.15. The molecule has 0 fully saturated rings. The van der Waals surface area contributed by atoms with Crippen LogP contribution in [0.3, 0.4) is 0 Å². The van der Waals surface area contributed by atoms with Gasteiger partial charge in [-0.05, 0) is 25.6 Å². The summed E-state index contributed by atoms with van der Waals surface area (Å²) in [4.78, 5) is 14.6. The maximum atomic E-state index is 10.6. The second-order valence-corrected chi connectivity index (χ2v) is 2.94. The number of carbonyl (C=O) groups excluding carboxylic acids is 1. The first-order valence-corrected chi connectivity index (χ1v) is 3.28. The molecule has 1 rings (SSSR count). The lowest BCUT2D eigenvalue weighted by Crippen LogP contribution is -2.02. The van der Waals surface area contributed by atoms with Crippen LogP contribution in [0.15, 0.2) is 4.99 Å². The molecule has 0 saturated carbocycles. The molecule has 0 saturated heterocycles. The van der Waals surface area contributed by atoms with Crippen molar-refractivity contribution >= 4 is 21.9 Å². The van der Waals surface area contributed by atoms with E-state index in [1.165, 1.54) is 11.8 Å². The highest BCUT2D eigenvalue weighted by atomic mass is 32.2. The fraction of sp³-hybridized carbons (Fsp3) is 0.600. The molecule has 2 nitrogen and oxygen atoms in total. The lowest BCUT2D eigenvalue weighted by atomic mass is 10.4. The molecular weight excluding hydrogens is 122 g/mol. The SMILES string of the molecule is CC1=N[C@@H](C)C(=O)S1. The first-order chi connectivity index (χ1) is 3.70. The van der Waals surface area contributed by atoms with E-state index >= 15 is 0 Å². The Morgan fingerprint density at radius 2 is 2.38 bits per heavy atom. The molecular formula is C5H7NOS. The summed E-state index contributed by atoms with van der Waals surface area (Å²) < 4.78 is 0. The molecule has 1 aliphatic rings. The number of rotatable bonds is 0. The zero-order valence-corrected chi connectivity index (χ0v) is 5.66. The highest BCUT2D eigenvalue weighted by molar-refractivity contribution is 8.26. The maximum Gasteiger partial charge on any atom is 0.219 e. The summed E-state index contributed by atoms with van der Waals surface area (Å²) in [6.07, 6.45) is 0. The van der Waals surface area contributed by atoms with Gasteiger partial charge in [0.2, 0.25) is 5.12 Å². The van der Waals surface area contributed by atoms with Crippen LogP contribution < -0.4 is 0 Å². The average Bonchev–Trinajstić information content (AvgIpc) is 1.85. The van der Waals surface area contributed by atoms with Crippen LogP contribution in [0.5, 0.6) is 0 Å². The Balaban J connectivity index is 2.69. The predicted octanol–water partition coefficient (Wildman–Crippen LogP) is 1.07. The van der Waals surface area contributed by atoms with Crippen LogP contribution in [-0.4, -0.2) is 16.2 Å². The van der Waals surface area contributed by atoms with Crippen LogP contribution >= 0.6 is 11.8 Å². The fourth-order valence-electron chi connectivity index (χ4n) is 0.583. The largest absolute Gasteiger partial charge is 0.284 e. The number of aliphatic imine (C=N–C) groups is 1. The van der Waals surface area contributed by atoms with Crippen molar-refractivity contribution < 1.29 is 4.79 Å². The van der Waals surface area contributed by atoms with E-state index in [-0.39, 0.29) is 11.2 Å². The second-order valence-electron chi connectivity index (χ2n) is 1.75. The molecule has 0 amide bonds. The topological polar surface area (TPSA) is 29.4 Å². The van der Waals surface area contributed by atoms with Gasteiger partial charge in [0, 0.05) is 0 Å². The molecule has 0 radical (unpaired) electrons. The Labute approximate surface area is 52.4 Å². The van der Waals surface area contributed by atoms with Crippen LogP contribution in [0.2, 0.25) is 0 Å². The van der Waals surface area contributed by atoms with Gasteiger partial charge in [0.15, 0.2) is 0 Å². The van der Waals surface area contributed by atoms with Crippen molar-refractivity contribution in [2.75, 3.05) is 0 Å². The summed E-state index contributed by atoms with van der Waals surface area (Å²) in [6, 6.07) is -0.0972. The van der Waals surface area contributed by atoms with Gasteiger partial charge >= 0.3 is 0 Å².